The van der Waals surface area contributed by atoms with Crippen molar-refractivity contribution in [2.24, 2.45) is 0 Å². The zero-order chi connectivity index (χ0) is 15.9. The summed E-state index contributed by atoms with van der Waals surface area (Å²) >= 11 is 0. The fraction of sp³-hybridized carbons (Fsp3) is 0.588. The maximum absolute atomic E-state index is 11.6. The van der Waals surface area contributed by atoms with Gasteiger partial charge in [-0.3, -0.25) is 4.79 Å². The standard InChI is InChI=1S/C17H25NO4/c1-12(18-17(19)11-20-2)13-8-9-15(16(10-13)21-3)22-14-6-4-5-7-14/h8-10,12,14H,4-7,11H2,1-3H3,(H,18,19). The molecule has 1 aromatic rings. The van der Waals surface area contributed by atoms with E-state index in [-0.39, 0.29) is 18.6 Å². The van der Waals surface area contributed by atoms with Gasteiger partial charge < -0.3 is 19.5 Å². The van der Waals surface area contributed by atoms with Gasteiger partial charge in [-0.25, -0.2) is 0 Å². The van der Waals surface area contributed by atoms with Gasteiger partial charge in [0, 0.05) is 7.11 Å². The number of benzene rings is 1. The van der Waals surface area contributed by atoms with Gasteiger partial charge in [-0.1, -0.05) is 6.07 Å². The Kier molecular flexibility index (Phi) is 6.07. The highest BCUT2D eigenvalue weighted by Gasteiger charge is 2.19. The van der Waals surface area contributed by atoms with Crippen molar-refractivity contribution in [2.75, 3.05) is 20.8 Å². The SMILES string of the molecule is COCC(=O)NC(C)c1ccc(OC2CCCC2)c(OC)c1. The topological polar surface area (TPSA) is 56.8 Å². The van der Waals surface area contributed by atoms with Crippen LogP contribution in [-0.4, -0.2) is 32.8 Å². The lowest BCUT2D eigenvalue weighted by Crippen LogP contribution is -2.29. The van der Waals surface area contributed by atoms with Crippen LogP contribution in [0, 0.1) is 0 Å². The molecule has 5 heteroatoms. The van der Waals surface area contributed by atoms with Crippen LogP contribution in [0.2, 0.25) is 0 Å². The summed E-state index contributed by atoms with van der Waals surface area (Å²) in [4.78, 5) is 11.6. The van der Waals surface area contributed by atoms with Crippen molar-refractivity contribution in [3.63, 3.8) is 0 Å². The molecule has 1 unspecified atom stereocenters. The summed E-state index contributed by atoms with van der Waals surface area (Å²) in [5.41, 5.74) is 0.972. The summed E-state index contributed by atoms with van der Waals surface area (Å²) in [6.45, 7) is 1.99. The first-order valence-corrected chi connectivity index (χ1v) is 7.77. The molecular formula is C17H25NO4. The molecule has 22 heavy (non-hydrogen) atoms. The molecule has 1 atom stereocenters. The van der Waals surface area contributed by atoms with E-state index >= 15 is 0 Å². The van der Waals surface area contributed by atoms with Gasteiger partial charge in [-0.15, -0.1) is 0 Å². The quantitative estimate of drug-likeness (QED) is 0.841. The molecule has 0 heterocycles. The third kappa shape index (κ3) is 4.37. The van der Waals surface area contributed by atoms with Gasteiger partial charge in [0.2, 0.25) is 5.91 Å². The van der Waals surface area contributed by atoms with Crippen LogP contribution in [0.25, 0.3) is 0 Å². The van der Waals surface area contributed by atoms with E-state index < -0.39 is 0 Å². The van der Waals surface area contributed by atoms with E-state index in [0.29, 0.717) is 11.9 Å². The molecule has 0 saturated heterocycles. The van der Waals surface area contributed by atoms with Crippen molar-refractivity contribution in [1.29, 1.82) is 0 Å². The number of amides is 1. The summed E-state index contributed by atoms with van der Waals surface area (Å²) in [6.07, 6.45) is 4.96. The molecule has 0 radical (unpaired) electrons. The Hall–Kier alpha value is -1.75. The third-order valence-electron chi connectivity index (χ3n) is 3.94. The van der Waals surface area contributed by atoms with Gasteiger partial charge in [-0.05, 0) is 50.3 Å². The lowest BCUT2D eigenvalue weighted by Gasteiger charge is -2.19. The highest BCUT2D eigenvalue weighted by atomic mass is 16.5. The molecule has 122 valence electrons. The molecule has 1 fully saturated rings. The molecule has 1 N–H and O–H groups in total. The molecule has 1 aliphatic rings. The molecule has 0 bridgehead atoms. The van der Waals surface area contributed by atoms with E-state index in [0.717, 1.165) is 24.2 Å². The number of rotatable bonds is 7. The number of hydrogen-bond donors (Lipinski definition) is 1. The van der Waals surface area contributed by atoms with Crippen molar-refractivity contribution < 1.29 is 19.0 Å². The van der Waals surface area contributed by atoms with Crippen LogP contribution in [0.1, 0.15) is 44.2 Å². The van der Waals surface area contributed by atoms with Crippen molar-refractivity contribution in [2.45, 2.75) is 44.8 Å². The van der Waals surface area contributed by atoms with Crippen molar-refractivity contribution >= 4 is 5.91 Å². The summed E-state index contributed by atoms with van der Waals surface area (Å²) < 4.78 is 16.3. The van der Waals surface area contributed by atoms with Gasteiger partial charge in [-0.2, -0.15) is 0 Å². The van der Waals surface area contributed by atoms with Gasteiger partial charge in [0.15, 0.2) is 11.5 Å². The number of carbonyl (C=O) groups excluding carboxylic acids is 1. The first-order valence-electron chi connectivity index (χ1n) is 7.77. The van der Waals surface area contributed by atoms with Gasteiger partial charge >= 0.3 is 0 Å². The smallest absolute Gasteiger partial charge is 0.246 e. The van der Waals surface area contributed by atoms with Crippen LogP contribution in [0.3, 0.4) is 0 Å². The van der Waals surface area contributed by atoms with Gasteiger partial charge in [0.25, 0.3) is 0 Å². The number of methoxy groups -OCH3 is 2. The predicted octanol–water partition coefficient (Wildman–Crippen LogP) is 2.84. The minimum absolute atomic E-state index is 0.0599. The number of hydrogen-bond acceptors (Lipinski definition) is 4. The lowest BCUT2D eigenvalue weighted by atomic mass is 10.1. The zero-order valence-corrected chi connectivity index (χ0v) is 13.6. The Morgan fingerprint density at radius 1 is 1.27 bits per heavy atom. The van der Waals surface area contributed by atoms with Gasteiger partial charge in [0.1, 0.15) is 6.61 Å². The monoisotopic (exact) mass is 307 g/mol. The lowest BCUT2D eigenvalue weighted by molar-refractivity contribution is -0.125. The Bertz CT molecular complexity index is 497. The van der Waals surface area contributed by atoms with Crippen molar-refractivity contribution in [3.05, 3.63) is 23.8 Å². The second kappa shape index (κ2) is 8.03. The average molecular weight is 307 g/mol. The highest BCUT2D eigenvalue weighted by Crippen LogP contribution is 2.33. The second-order valence-electron chi connectivity index (χ2n) is 5.66. The molecule has 1 aromatic carbocycles. The Morgan fingerprint density at radius 3 is 2.64 bits per heavy atom. The maximum atomic E-state index is 11.6. The Morgan fingerprint density at radius 2 is 2.00 bits per heavy atom. The van der Waals surface area contributed by atoms with Crippen LogP contribution in [-0.2, 0) is 9.53 Å². The first kappa shape index (κ1) is 16.6. The van der Waals surface area contributed by atoms with Gasteiger partial charge in [0.05, 0.1) is 19.3 Å². The molecule has 1 amide bonds. The van der Waals surface area contributed by atoms with E-state index in [2.05, 4.69) is 5.32 Å². The number of carbonyl (C=O) groups is 1. The first-order chi connectivity index (χ1) is 10.6. The largest absolute Gasteiger partial charge is 0.493 e. The predicted molar refractivity (Wildman–Crippen MR) is 84.3 cm³/mol. The summed E-state index contributed by atoms with van der Waals surface area (Å²) in [5, 5.41) is 2.88. The van der Waals surface area contributed by atoms with Crippen LogP contribution in [0.4, 0.5) is 0 Å². The van der Waals surface area contributed by atoms with E-state index in [4.69, 9.17) is 14.2 Å². The normalized spacial score (nSPS) is 16.3. The van der Waals surface area contributed by atoms with Crippen molar-refractivity contribution in [3.8, 4) is 11.5 Å². The summed E-state index contributed by atoms with van der Waals surface area (Å²) in [5.74, 6) is 1.34. The molecule has 1 saturated carbocycles. The number of ether oxygens (including phenoxy) is 3. The van der Waals surface area contributed by atoms with E-state index in [1.54, 1.807) is 7.11 Å². The van der Waals surface area contributed by atoms with Crippen LogP contribution in [0.15, 0.2) is 18.2 Å². The second-order valence-corrected chi connectivity index (χ2v) is 5.66. The van der Waals surface area contributed by atoms with Crippen LogP contribution >= 0.6 is 0 Å². The number of nitrogens with one attached hydrogen (secondary N) is 1. The molecule has 1 aliphatic carbocycles. The molecule has 0 aliphatic heterocycles. The molecule has 0 aromatic heterocycles. The van der Waals surface area contributed by atoms with E-state index in [1.165, 1.54) is 20.0 Å². The third-order valence-corrected chi connectivity index (χ3v) is 3.94. The minimum Gasteiger partial charge on any atom is -0.493 e. The minimum atomic E-state index is -0.139. The Labute approximate surface area is 131 Å². The molecule has 5 nitrogen and oxygen atoms in total. The van der Waals surface area contributed by atoms with Crippen LogP contribution < -0.4 is 14.8 Å². The van der Waals surface area contributed by atoms with E-state index in [1.807, 2.05) is 25.1 Å². The average Bonchev–Trinajstić information content (AvgIpc) is 3.00. The van der Waals surface area contributed by atoms with Crippen LogP contribution in [0.5, 0.6) is 11.5 Å². The molecule has 2 rings (SSSR count). The maximum Gasteiger partial charge on any atom is 0.246 e. The highest BCUT2D eigenvalue weighted by molar-refractivity contribution is 5.77. The van der Waals surface area contributed by atoms with E-state index in [9.17, 15) is 4.79 Å². The molecule has 0 spiro atoms. The zero-order valence-electron chi connectivity index (χ0n) is 13.6. The molecular weight excluding hydrogens is 282 g/mol. The Balaban J connectivity index is 2.05. The summed E-state index contributed by atoms with van der Waals surface area (Å²) in [7, 11) is 3.14. The van der Waals surface area contributed by atoms with Crippen molar-refractivity contribution in [1.82, 2.24) is 5.32 Å². The fourth-order valence-electron chi connectivity index (χ4n) is 2.73. The fourth-order valence-corrected chi connectivity index (χ4v) is 2.73. The summed E-state index contributed by atoms with van der Waals surface area (Å²) in [6, 6.07) is 5.69.